The van der Waals surface area contributed by atoms with Crippen LogP contribution in [-0.4, -0.2) is 23.9 Å². The van der Waals surface area contributed by atoms with Crippen molar-refractivity contribution in [2.45, 2.75) is 36.0 Å². The molecule has 5 heteroatoms. The van der Waals surface area contributed by atoms with Crippen molar-refractivity contribution in [1.82, 2.24) is 0 Å². The van der Waals surface area contributed by atoms with E-state index in [0.717, 1.165) is 4.90 Å². The predicted octanol–water partition coefficient (Wildman–Crippen LogP) is 3.10. The maximum atomic E-state index is 11.5. The number of thioether (sulfide) groups is 1. The first kappa shape index (κ1) is 15.3. The van der Waals surface area contributed by atoms with E-state index in [9.17, 15) is 4.79 Å². The first-order chi connectivity index (χ1) is 8.35. The van der Waals surface area contributed by atoms with Crippen molar-refractivity contribution < 1.29 is 9.53 Å². The molecule has 2 unspecified atom stereocenters. The first-order valence-electron chi connectivity index (χ1n) is 5.64. The van der Waals surface area contributed by atoms with E-state index in [2.05, 4.69) is 0 Å². The molecule has 0 spiro atoms. The number of carbonyl (C=O) groups is 1. The molecule has 0 aromatic heterocycles. The van der Waals surface area contributed by atoms with Crippen LogP contribution in [0.4, 0.5) is 0 Å². The lowest BCUT2D eigenvalue weighted by molar-refractivity contribution is -0.146. The molecule has 0 fully saturated rings. The summed E-state index contributed by atoms with van der Waals surface area (Å²) >= 11 is 7.56. The molecule has 1 aromatic rings. The number of halogens is 1. The summed E-state index contributed by atoms with van der Waals surface area (Å²) in [5, 5.41) is 0.897. The van der Waals surface area contributed by atoms with Gasteiger partial charge >= 0.3 is 5.97 Å². The summed E-state index contributed by atoms with van der Waals surface area (Å²) < 4.78 is 4.69. The highest BCUT2D eigenvalue weighted by Gasteiger charge is 2.31. The minimum atomic E-state index is -0.959. The Morgan fingerprint density at radius 3 is 2.83 bits per heavy atom. The van der Waals surface area contributed by atoms with Gasteiger partial charge in [0.15, 0.2) is 0 Å². The summed E-state index contributed by atoms with van der Waals surface area (Å²) in [6.45, 7) is 3.72. The maximum absolute atomic E-state index is 11.5. The van der Waals surface area contributed by atoms with Crippen LogP contribution in [0.5, 0.6) is 0 Å². The summed E-state index contributed by atoms with van der Waals surface area (Å²) in [5.74, 6) is -0.388. The summed E-state index contributed by atoms with van der Waals surface area (Å²) in [7, 11) is 1.35. The third-order valence-electron chi connectivity index (χ3n) is 2.50. The molecule has 0 saturated heterocycles. The smallest absolute Gasteiger partial charge is 0.325 e. The molecule has 0 aliphatic rings. The van der Waals surface area contributed by atoms with Crippen molar-refractivity contribution in [3.8, 4) is 0 Å². The molecule has 0 radical (unpaired) electrons. The van der Waals surface area contributed by atoms with Gasteiger partial charge in [0.05, 0.1) is 7.11 Å². The lowest BCUT2D eigenvalue weighted by atomic mass is 9.98. The molecule has 3 nitrogen and oxygen atoms in total. The van der Waals surface area contributed by atoms with Gasteiger partial charge in [0.1, 0.15) is 5.54 Å². The van der Waals surface area contributed by atoms with Crippen molar-refractivity contribution in [1.29, 1.82) is 0 Å². The Morgan fingerprint density at radius 1 is 1.61 bits per heavy atom. The predicted molar refractivity (Wildman–Crippen MR) is 76.0 cm³/mol. The Bertz CT molecular complexity index is 423. The Morgan fingerprint density at radius 2 is 2.28 bits per heavy atom. The van der Waals surface area contributed by atoms with Crippen LogP contribution in [0, 0.1) is 0 Å². The van der Waals surface area contributed by atoms with Crippen LogP contribution in [0.1, 0.15) is 20.3 Å². The Balaban J connectivity index is 2.61. The topological polar surface area (TPSA) is 52.3 Å². The Kier molecular flexibility index (Phi) is 5.50. The highest BCUT2D eigenvalue weighted by atomic mass is 35.5. The van der Waals surface area contributed by atoms with E-state index in [1.54, 1.807) is 18.7 Å². The quantitative estimate of drug-likeness (QED) is 0.668. The monoisotopic (exact) mass is 287 g/mol. The summed E-state index contributed by atoms with van der Waals surface area (Å²) in [6, 6.07) is 7.62. The highest BCUT2D eigenvalue weighted by Crippen LogP contribution is 2.29. The molecule has 0 heterocycles. The zero-order valence-corrected chi connectivity index (χ0v) is 12.3. The largest absolute Gasteiger partial charge is 0.468 e. The van der Waals surface area contributed by atoms with Gasteiger partial charge in [0, 0.05) is 15.2 Å². The van der Waals surface area contributed by atoms with Gasteiger partial charge in [-0.2, -0.15) is 0 Å². The molecule has 2 N–H and O–H groups in total. The third kappa shape index (κ3) is 4.52. The lowest BCUT2D eigenvalue weighted by Gasteiger charge is -2.24. The molecule has 0 aliphatic carbocycles. The minimum Gasteiger partial charge on any atom is -0.468 e. The van der Waals surface area contributed by atoms with Crippen molar-refractivity contribution in [2.24, 2.45) is 5.73 Å². The second-order valence-electron chi connectivity index (χ2n) is 4.50. The van der Waals surface area contributed by atoms with Crippen LogP contribution in [0.25, 0.3) is 0 Å². The highest BCUT2D eigenvalue weighted by molar-refractivity contribution is 8.00. The zero-order chi connectivity index (χ0) is 13.8. The molecular weight excluding hydrogens is 270 g/mol. The molecule has 1 aromatic carbocycles. The first-order valence-corrected chi connectivity index (χ1v) is 6.90. The van der Waals surface area contributed by atoms with E-state index in [1.807, 2.05) is 31.2 Å². The van der Waals surface area contributed by atoms with Crippen LogP contribution in [0.3, 0.4) is 0 Å². The third-order valence-corrected chi connectivity index (χ3v) is 3.83. The van der Waals surface area contributed by atoms with Gasteiger partial charge < -0.3 is 10.5 Å². The number of hydrogen-bond donors (Lipinski definition) is 1. The lowest BCUT2D eigenvalue weighted by Crippen LogP contribution is -2.47. The van der Waals surface area contributed by atoms with E-state index in [-0.39, 0.29) is 11.2 Å². The van der Waals surface area contributed by atoms with Gasteiger partial charge in [0.25, 0.3) is 0 Å². The fourth-order valence-corrected chi connectivity index (χ4v) is 3.23. The molecule has 18 heavy (non-hydrogen) atoms. The minimum absolute atomic E-state index is 0.192. The van der Waals surface area contributed by atoms with Gasteiger partial charge in [-0.05, 0) is 31.5 Å². The van der Waals surface area contributed by atoms with Crippen LogP contribution >= 0.6 is 23.4 Å². The van der Waals surface area contributed by atoms with Gasteiger partial charge in [0.2, 0.25) is 0 Å². The number of hydrogen-bond acceptors (Lipinski definition) is 4. The second-order valence-corrected chi connectivity index (χ2v) is 6.45. The number of carbonyl (C=O) groups excluding carboxylic acids is 1. The summed E-state index contributed by atoms with van der Waals surface area (Å²) in [5.41, 5.74) is 4.98. The van der Waals surface area contributed by atoms with Gasteiger partial charge in [-0.25, -0.2) is 0 Å². The average molecular weight is 288 g/mol. The number of ether oxygens (including phenoxy) is 1. The number of benzene rings is 1. The molecule has 0 amide bonds. The van der Waals surface area contributed by atoms with E-state index in [1.165, 1.54) is 7.11 Å². The van der Waals surface area contributed by atoms with Crippen molar-refractivity contribution in [3.05, 3.63) is 29.3 Å². The maximum Gasteiger partial charge on any atom is 0.325 e. The van der Waals surface area contributed by atoms with Crippen molar-refractivity contribution in [2.75, 3.05) is 7.11 Å². The van der Waals surface area contributed by atoms with Crippen molar-refractivity contribution in [3.63, 3.8) is 0 Å². The fourth-order valence-electron chi connectivity index (χ4n) is 1.73. The molecule has 100 valence electrons. The Hall–Kier alpha value is -0.710. The normalized spacial score (nSPS) is 15.8. The van der Waals surface area contributed by atoms with E-state index >= 15 is 0 Å². The van der Waals surface area contributed by atoms with Gasteiger partial charge in [-0.1, -0.05) is 24.6 Å². The SMILES string of the molecule is COC(=O)C(C)(N)CC(C)Sc1cccc(Cl)c1. The second kappa shape index (κ2) is 6.45. The molecule has 1 rings (SSSR count). The molecule has 0 saturated carbocycles. The van der Waals surface area contributed by atoms with E-state index in [0.29, 0.717) is 11.4 Å². The van der Waals surface area contributed by atoms with Crippen LogP contribution < -0.4 is 5.73 Å². The zero-order valence-electron chi connectivity index (χ0n) is 10.8. The number of nitrogens with two attached hydrogens (primary N) is 1. The van der Waals surface area contributed by atoms with Crippen LogP contribution in [-0.2, 0) is 9.53 Å². The fraction of sp³-hybridized carbons (Fsp3) is 0.462. The van der Waals surface area contributed by atoms with Crippen molar-refractivity contribution >= 4 is 29.3 Å². The molecule has 2 atom stereocenters. The Labute approximate surface area is 117 Å². The molecule has 0 aliphatic heterocycles. The number of esters is 1. The van der Waals surface area contributed by atoms with Gasteiger partial charge in [-0.15, -0.1) is 11.8 Å². The van der Waals surface area contributed by atoms with Gasteiger partial charge in [-0.3, -0.25) is 4.79 Å². The number of rotatable bonds is 5. The van der Waals surface area contributed by atoms with E-state index in [4.69, 9.17) is 22.1 Å². The molecular formula is C13H18ClNO2S. The average Bonchev–Trinajstić information content (AvgIpc) is 2.26. The standard InChI is InChI=1S/C13H18ClNO2S/c1-9(8-13(2,15)12(16)17-3)18-11-6-4-5-10(14)7-11/h4-7,9H,8,15H2,1-3H3. The van der Waals surface area contributed by atoms with Crippen LogP contribution in [0.2, 0.25) is 5.02 Å². The van der Waals surface area contributed by atoms with Crippen LogP contribution in [0.15, 0.2) is 29.2 Å². The van der Waals surface area contributed by atoms with E-state index < -0.39 is 5.54 Å². The number of methoxy groups -OCH3 is 1. The summed E-state index contributed by atoms with van der Waals surface area (Å²) in [4.78, 5) is 12.6. The summed E-state index contributed by atoms with van der Waals surface area (Å²) in [6.07, 6.45) is 0.539. The molecule has 0 bridgehead atoms.